The van der Waals surface area contributed by atoms with Gasteiger partial charge in [0.15, 0.2) is 0 Å². The van der Waals surface area contributed by atoms with Crippen molar-refractivity contribution >= 4 is 53.7 Å². The smallest absolute Gasteiger partial charge is 0.0873 e. The van der Waals surface area contributed by atoms with E-state index in [9.17, 15) is 0 Å². The number of hydrogen-bond donors (Lipinski definition) is 1. The third kappa shape index (κ3) is 2.81. The molecule has 1 N–H and O–H groups in total. The Morgan fingerprint density at radius 3 is 2.33 bits per heavy atom. The number of aromatic nitrogens is 6. The highest BCUT2D eigenvalue weighted by Crippen LogP contribution is 2.21. The zero-order chi connectivity index (χ0) is 14.8. The van der Waals surface area contributed by atoms with Crippen molar-refractivity contribution in [2.45, 2.75) is 0 Å². The van der Waals surface area contributed by atoms with Crippen molar-refractivity contribution in [3.8, 4) is 0 Å². The van der Waals surface area contributed by atoms with Crippen LogP contribution in [0.15, 0.2) is 46.1 Å². The zero-order valence-corrected chi connectivity index (χ0v) is 14.1. The highest BCUT2D eigenvalue weighted by Gasteiger charge is 2.01. The molecule has 0 spiro atoms. The highest BCUT2D eigenvalue weighted by atomic mass is 79.9. The topological polar surface area (TPSA) is 72.3 Å². The quantitative estimate of drug-likeness (QED) is 0.482. The lowest BCUT2D eigenvalue weighted by Crippen LogP contribution is -1.88. The van der Waals surface area contributed by atoms with Crippen molar-refractivity contribution < 1.29 is 0 Å². The summed E-state index contributed by atoms with van der Waals surface area (Å²) in [6, 6.07) is 0. The molecule has 0 aliphatic heterocycles. The van der Waals surface area contributed by atoms with Gasteiger partial charge in [-0.05, 0) is 31.9 Å². The maximum Gasteiger partial charge on any atom is 0.0873 e. The second kappa shape index (κ2) is 5.90. The third-order valence-corrected chi connectivity index (χ3v) is 4.21. The predicted octanol–water partition coefficient (Wildman–Crippen LogP) is 3.45. The van der Waals surface area contributed by atoms with Crippen LogP contribution in [0.1, 0.15) is 0 Å². The summed E-state index contributed by atoms with van der Waals surface area (Å²) in [6.45, 7) is 0. The highest BCUT2D eigenvalue weighted by molar-refractivity contribution is 9.11. The molecule has 0 aliphatic carbocycles. The second-order valence-corrected chi connectivity index (χ2v) is 5.98. The Labute approximate surface area is 136 Å². The molecule has 0 saturated carbocycles. The number of aryl methyl sites for hydroxylation is 1. The lowest BCUT2D eigenvalue weighted by molar-refractivity contribution is 0.795. The minimum Gasteiger partial charge on any atom is -0.276 e. The van der Waals surface area contributed by atoms with Crippen LogP contribution < -0.4 is 0 Å². The monoisotopic (exact) mass is 408 g/mol. The lowest BCUT2D eigenvalue weighted by atomic mass is 10.3. The predicted molar refractivity (Wildman–Crippen MR) is 87.8 cm³/mol. The molecular weight excluding hydrogens is 400 g/mol. The van der Waals surface area contributed by atoms with Gasteiger partial charge in [0.2, 0.25) is 0 Å². The van der Waals surface area contributed by atoms with Crippen molar-refractivity contribution in [1.82, 2.24) is 29.9 Å². The Morgan fingerprint density at radius 1 is 0.905 bits per heavy atom. The van der Waals surface area contributed by atoms with E-state index in [1.54, 1.807) is 35.7 Å². The minimum absolute atomic E-state index is 0.953. The van der Waals surface area contributed by atoms with Crippen LogP contribution in [-0.2, 0) is 7.05 Å². The Hall–Kier alpha value is -1.80. The molecule has 0 aromatic carbocycles. The number of hydrogen-bond acceptors (Lipinski definition) is 4. The van der Waals surface area contributed by atoms with E-state index < -0.39 is 0 Å². The Morgan fingerprint density at radius 2 is 1.62 bits per heavy atom. The zero-order valence-electron chi connectivity index (χ0n) is 11.0. The molecule has 4 heterocycles. The number of pyridine rings is 2. The molecule has 0 radical (unpaired) electrons. The summed E-state index contributed by atoms with van der Waals surface area (Å²) in [6.07, 6.45) is 10.6. The standard InChI is InChI=1S/C7H6BrN3.C6H4BrN3/c1-11-7-4-9-3-6(8)5(7)2-10-11;7-5-2-8-3-6-4(5)1-9-10-6/h2-4H,1H3;1-3H,(H,9,10). The van der Waals surface area contributed by atoms with Gasteiger partial charge in [-0.1, -0.05) is 0 Å². The number of fused-ring (bicyclic) bond motifs is 2. The van der Waals surface area contributed by atoms with Gasteiger partial charge < -0.3 is 0 Å². The lowest BCUT2D eigenvalue weighted by Gasteiger charge is -1.92. The molecule has 0 fully saturated rings. The first-order chi connectivity index (χ1) is 10.2. The number of nitrogens with zero attached hydrogens (tertiary/aromatic N) is 5. The molecule has 0 bridgehead atoms. The third-order valence-electron chi connectivity index (χ3n) is 2.94. The van der Waals surface area contributed by atoms with Crippen LogP contribution in [0.5, 0.6) is 0 Å². The number of H-pyrrole nitrogens is 1. The molecule has 4 rings (SSSR count). The molecule has 0 aliphatic rings. The van der Waals surface area contributed by atoms with Crippen LogP contribution >= 0.6 is 31.9 Å². The van der Waals surface area contributed by atoms with Crippen molar-refractivity contribution in [2.24, 2.45) is 7.05 Å². The number of nitrogens with one attached hydrogen (secondary N) is 1. The SMILES string of the molecule is Brc1cncc2[nH]ncc12.Cn1ncc2c(Br)cncc21. The van der Waals surface area contributed by atoms with Gasteiger partial charge in [-0.2, -0.15) is 10.2 Å². The number of aromatic amines is 1. The van der Waals surface area contributed by atoms with Gasteiger partial charge in [-0.15, -0.1) is 0 Å². The first kappa shape index (κ1) is 14.2. The molecule has 4 aromatic rings. The van der Waals surface area contributed by atoms with E-state index >= 15 is 0 Å². The van der Waals surface area contributed by atoms with Gasteiger partial charge in [0.05, 0.1) is 35.8 Å². The fourth-order valence-corrected chi connectivity index (χ4v) is 2.72. The molecule has 8 heteroatoms. The number of halogens is 2. The average Bonchev–Trinajstić information content (AvgIpc) is 3.09. The second-order valence-electron chi connectivity index (χ2n) is 4.27. The first-order valence-corrected chi connectivity index (χ1v) is 7.59. The molecule has 0 unspecified atom stereocenters. The van der Waals surface area contributed by atoms with E-state index in [4.69, 9.17) is 0 Å². The molecule has 0 atom stereocenters. The summed E-state index contributed by atoms with van der Waals surface area (Å²) in [5, 5.41) is 13.0. The van der Waals surface area contributed by atoms with Gasteiger partial charge in [0, 0.05) is 39.2 Å². The van der Waals surface area contributed by atoms with E-state index in [2.05, 4.69) is 57.1 Å². The van der Waals surface area contributed by atoms with Crippen LogP contribution in [0, 0.1) is 0 Å². The van der Waals surface area contributed by atoms with Gasteiger partial charge in [-0.25, -0.2) is 0 Å². The maximum absolute atomic E-state index is 4.10. The van der Waals surface area contributed by atoms with Crippen LogP contribution in [0.3, 0.4) is 0 Å². The summed E-state index contributed by atoms with van der Waals surface area (Å²) >= 11 is 6.75. The molecule has 106 valence electrons. The van der Waals surface area contributed by atoms with Crippen LogP contribution in [0.2, 0.25) is 0 Å². The first-order valence-electron chi connectivity index (χ1n) is 6.00. The Bertz CT molecular complexity index is 898. The molecule has 0 saturated heterocycles. The van der Waals surface area contributed by atoms with Crippen LogP contribution in [-0.4, -0.2) is 29.9 Å². The Kier molecular flexibility index (Phi) is 3.98. The van der Waals surface area contributed by atoms with Crippen LogP contribution in [0.4, 0.5) is 0 Å². The largest absolute Gasteiger partial charge is 0.276 e. The minimum atomic E-state index is 0.953. The molecule has 21 heavy (non-hydrogen) atoms. The van der Waals surface area contributed by atoms with E-state index in [1.165, 1.54) is 0 Å². The average molecular weight is 410 g/mol. The summed E-state index contributed by atoms with van der Waals surface area (Å²) < 4.78 is 3.76. The van der Waals surface area contributed by atoms with E-state index in [0.717, 1.165) is 30.8 Å². The summed E-state index contributed by atoms with van der Waals surface area (Å²) in [4.78, 5) is 8.00. The summed E-state index contributed by atoms with van der Waals surface area (Å²) in [7, 11) is 1.90. The van der Waals surface area contributed by atoms with Crippen molar-refractivity contribution in [3.63, 3.8) is 0 Å². The summed E-state index contributed by atoms with van der Waals surface area (Å²) in [5.74, 6) is 0. The van der Waals surface area contributed by atoms with E-state index in [-0.39, 0.29) is 0 Å². The van der Waals surface area contributed by atoms with Gasteiger partial charge in [0.25, 0.3) is 0 Å². The molecule has 6 nitrogen and oxygen atoms in total. The van der Waals surface area contributed by atoms with Crippen LogP contribution in [0.25, 0.3) is 21.8 Å². The van der Waals surface area contributed by atoms with Gasteiger partial charge in [-0.3, -0.25) is 19.7 Å². The normalized spacial score (nSPS) is 10.6. The summed E-state index contributed by atoms with van der Waals surface area (Å²) in [5.41, 5.74) is 1.99. The van der Waals surface area contributed by atoms with E-state index in [0.29, 0.717) is 0 Å². The van der Waals surface area contributed by atoms with Crippen molar-refractivity contribution in [2.75, 3.05) is 0 Å². The molecule has 0 amide bonds. The van der Waals surface area contributed by atoms with Gasteiger partial charge >= 0.3 is 0 Å². The maximum atomic E-state index is 4.10. The van der Waals surface area contributed by atoms with Crippen molar-refractivity contribution in [1.29, 1.82) is 0 Å². The van der Waals surface area contributed by atoms with Crippen molar-refractivity contribution in [3.05, 3.63) is 46.1 Å². The van der Waals surface area contributed by atoms with E-state index in [1.807, 2.05) is 13.2 Å². The fourth-order valence-electron chi connectivity index (χ4n) is 1.86. The molecular formula is C13H10Br2N6. The fraction of sp³-hybridized carbons (Fsp3) is 0.0769. The Balaban J connectivity index is 0.000000126. The van der Waals surface area contributed by atoms with Gasteiger partial charge in [0.1, 0.15) is 0 Å². The molecule has 4 aromatic heterocycles. The number of rotatable bonds is 0.